The van der Waals surface area contributed by atoms with Crippen molar-refractivity contribution >= 4 is 16.0 Å². The molecule has 1 N–H and O–H groups in total. The van der Waals surface area contributed by atoms with E-state index in [1.165, 1.54) is 36.7 Å². The van der Waals surface area contributed by atoms with E-state index in [2.05, 4.69) is 26.5 Å². The van der Waals surface area contributed by atoms with Crippen LogP contribution in [0.3, 0.4) is 0 Å². The molecular formula is C25H26F2N4O3S. The van der Waals surface area contributed by atoms with Crippen LogP contribution in [0.4, 0.5) is 14.7 Å². The number of rotatable bonds is 5. The second kappa shape index (κ2) is 9.50. The van der Waals surface area contributed by atoms with Gasteiger partial charge in [-0.3, -0.25) is 4.90 Å². The van der Waals surface area contributed by atoms with Crippen LogP contribution in [0, 0.1) is 17.6 Å². The molecule has 0 amide bonds. The predicted octanol–water partition coefficient (Wildman–Crippen LogP) is 4.85. The lowest BCUT2D eigenvalue weighted by Gasteiger charge is -2.45. The van der Waals surface area contributed by atoms with Crippen LogP contribution < -0.4 is 9.46 Å². The van der Waals surface area contributed by atoms with E-state index in [0.29, 0.717) is 30.3 Å². The molecule has 184 valence electrons. The molecule has 3 heterocycles. The third-order valence-electron chi connectivity index (χ3n) is 6.71. The molecule has 0 unspecified atom stereocenters. The van der Waals surface area contributed by atoms with Gasteiger partial charge in [0.05, 0.1) is 6.61 Å². The highest BCUT2D eigenvalue weighted by molar-refractivity contribution is 7.92. The van der Waals surface area contributed by atoms with Crippen LogP contribution in [0.2, 0.25) is 0 Å². The minimum Gasteiger partial charge on any atom is -0.493 e. The van der Waals surface area contributed by atoms with Gasteiger partial charge in [0, 0.05) is 42.5 Å². The summed E-state index contributed by atoms with van der Waals surface area (Å²) in [6.45, 7) is 3.37. The molecule has 0 bridgehead atoms. The minimum absolute atomic E-state index is 0.0404. The van der Waals surface area contributed by atoms with Crippen LogP contribution in [0.1, 0.15) is 49.4 Å². The lowest BCUT2D eigenvalue weighted by molar-refractivity contribution is 0.0485. The van der Waals surface area contributed by atoms with E-state index in [9.17, 15) is 12.8 Å². The summed E-state index contributed by atoms with van der Waals surface area (Å²) < 4.78 is 62.6. The Morgan fingerprint density at radius 2 is 1.80 bits per heavy atom. The highest BCUT2D eigenvalue weighted by atomic mass is 32.2. The van der Waals surface area contributed by atoms with E-state index >= 15 is 4.39 Å². The molecule has 3 atom stereocenters. The standard InChI is InChI=1S/C25H26F2N4O3S/c1-16-7-11-31(22(13-16)17-3-5-18(26)6-4-17)21-8-12-34-23-15-24(20(27)14-19(21)23)35(32,33)30-25-28-9-2-10-29-25/h2-6,9-10,14-16,21-22H,7-8,11-13H2,1H3,(H,28,29,30)/t16-,21+,22+/m1/s1. The van der Waals surface area contributed by atoms with Gasteiger partial charge in [0.25, 0.3) is 10.0 Å². The van der Waals surface area contributed by atoms with Crippen molar-refractivity contribution in [1.82, 2.24) is 14.9 Å². The summed E-state index contributed by atoms with van der Waals surface area (Å²) in [6, 6.07) is 10.5. The summed E-state index contributed by atoms with van der Waals surface area (Å²) in [5.74, 6) is -0.463. The average molecular weight is 501 g/mol. The molecule has 7 nitrogen and oxygen atoms in total. The molecule has 2 aliphatic heterocycles. The Morgan fingerprint density at radius 3 is 2.54 bits per heavy atom. The van der Waals surface area contributed by atoms with E-state index < -0.39 is 20.7 Å². The Bertz CT molecular complexity index is 1310. The van der Waals surface area contributed by atoms with Gasteiger partial charge in [-0.05, 0) is 55.1 Å². The Morgan fingerprint density at radius 1 is 1.06 bits per heavy atom. The monoisotopic (exact) mass is 500 g/mol. The average Bonchev–Trinajstić information content (AvgIpc) is 2.84. The smallest absolute Gasteiger partial charge is 0.267 e. The van der Waals surface area contributed by atoms with Gasteiger partial charge in [-0.15, -0.1) is 0 Å². The zero-order valence-corrected chi connectivity index (χ0v) is 20.0. The van der Waals surface area contributed by atoms with Crippen LogP contribution in [-0.2, 0) is 10.0 Å². The molecule has 3 aromatic rings. The van der Waals surface area contributed by atoms with E-state index in [1.807, 2.05) is 0 Å². The van der Waals surface area contributed by atoms with Crippen molar-refractivity contribution in [2.45, 2.75) is 43.2 Å². The molecule has 2 aromatic carbocycles. The summed E-state index contributed by atoms with van der Waals surface area (Å²) in [5, 5.41) is 0. The number of halogens is 2. The van der Waals surface area contributed by atoms with Crippen LogP contribution in [0.15, 0.2) is 59.8 Å². The van der Waals surface area contributed by atoms with Crippen LogP contribution >= 0.6 is 0 Å². The Balaban J connectivity index is 1.49. The second-order valence-electron chi connectivity index (χ2n) is 9.09. The lowest BCUT2D eigenvalue weighted by Crippen LogP contribution is -2.40. The van der Waals surface area contributed by atoms with Crippen molar-refractivity contribution in [3.8, 4) is 5.75 Å². The molecule has 5 rings (SSSR count). The first-order chi connectivity index (χ1) is 16.8. The fraction of sp³-hybridized carbons (Fsp3) is 0.360. The molecule has 1 aromatic heterocycles. The number of fused-ring (bicyclic) bond motifs is 1. The summed E-state index contributed by atoms with van der Waals surface area (Å²) in [5.41, 5.74) is 1.63. The number of likely N-dealkylation sites (tertiary alicyclic amines) is 1. The first-order valence-electron chi connectivity index (χ1n) is 11.6. The fourth-order valence-corrected chi connectivity index (χ4v) is 6.03. The maximum Gasteiger partial charge on any atom is 0.267 e. The third-order valence-corrected chi connectivity index (χ3v) is 8.06. The first-order valence-corrected chi connectivity index (χ1v) is 13.1. The molecule has 35 heavy (non-hydrogen) atoms. The molecule has 0 radical (unpaired) electrons. The third kappa shape index (κ3) is 4.85. The van der Waals surface area contributed by atoms with Gasteiger partial charge in [0.2, 0.25) is 5.95 Å². The number of ether oxygens (including phenoxy) is 1. The Labute approximate surface area is 203 Å². The molecule has 10 heteroatoms. The number of aromatic nitrogens is 2. The highest BCUT2D eigenvalue weighted by Gasteiger charge is 2.37. The Kier molecular flexibility index (Phi) is 6.41. The van der Waals surface area contributed by atoms with E-state index in [4.69, 9.17) is 4.74 Å². The van der Waals surface area contributed by atoms with Gasteiger partial charge in [0.15, 0.2) is 0 Å². The number of hydrogen-bond acceptors (Lipinski definition) is 6. The zero-order valence-electron chi connectivity index (χ0n) is 19.2. The van der Waals surface area contributed by atoms with E-state index in [0.717, 1.165) is 24.9 Å². The summed E-state index contributed by atoms with van der Waals surface area (Å²) in [7, 11) is -4.26. The summed E-state index contributed by atoms with van der Waals surface area (Å²) in [4.78, 5) is 9.48. The molecule has 0 aliphatic carbocycles. The predicted molar refractivity (Wildman–Crippen MR) is 126 cm³/mol. The van der Waals surface area contributed by atoms with E-state index in [1.54, 1.807) is 18.2 Å². The van der Waals surface area contributed by atoms with Crippen LogP contribution in [-0.4, -0.2) is 36.4 Å². The second-order valence-corrected chi connectivity index (χ2v) is 10.7. The number of nitrogens with one attached hydrogen (secondary N) is 1. The first kappa shape index (κ1) is 23.6. The summed E-state index contributed by atoms with van der Waals surface area (Å²) in [6.07, 6.45) is 5.30. The lowest BCUT2D eigenvalue weighted by atomic mass is 9.85. The molecule has 0 spiro atoms. The SMILES string of the molecule is C[C@@H]1CCN([C@H]2CCOc3cc(S(=O)(=O)Nc4ncccn4)c(F)cc32)[C@H](c2ccc(F)cc2)C1. The topological polar surface area (TPSA) is 84.4 Å². The molecule has 1 fully saturated rings. The molecule has 2 aliphatic rings. The highest BCUT2D eigenvalue weighted by Crippen LogP contribution is 2.45. The normalized spacial score (nSPS) is 22.8. The number of anilines is 1. The van der Waals surface area contributed by atoms with Gasteiger partial charge in [-0.25, -0.2) is 31.9 Å². The van der Waals surface area contributed by atoms with Crippen molar-refractivity contribution in [2.24, 2.45) is 5.92 Å². The van der Waals surface area contributed by atoms with Crippen molar-refractivity contribution in [1.29, 1.82) is 0 Å². The molecule has 1 saturated heterocycles. The van der Waals surface area contributed by atoms with Gasteiger partial charge >= 0.3 is 0 Å². The van der Waals surface area contributed by atoms with Crippen molar-refractivity contribution in [3.05, 3.63) is 77.6 Å². The van der Waals surface area contributed by atoms with Gasteiger partial charge in [0.1, 0.15) is 22.3 Å². The number of sulfonamides is 1. The van der Waals surface area contributed by atoms with Gasteiger partial charge < -0.3 is 4.74 Å². The maximum atomic E-state index is 15.3. The van der Waals surface area contributed by atoms with Crippen molar-refractivity contribution in [3.63, 3.8) is 0 Å². The number of piperidine rings is 1. The van der Waals surface area contributed by atoms with Crippen molar-refractivity contribution < 1.29 is 21.9 Å². The maximum absolute atomic E-state index is 15.3. The molecule has 0 saturated carbocycles. The van der Waals surface area contributed by atoms with E-state index in [-0.39, 0.29) is 23.8 Å². The largest absolute Gasteiger partial charge is 0.493 e. The van der Waals surface area contributed by atoms with Gasteiger partial charge in [-0.2, -0.15) is 0 Å². The van der Waals surface area contributed by atoms with Crippen LogP contribution in [0.25, 0.3) is 0 Å². The van der Waals surface area contributed by atoms with Gasteiger partial charge in [-0.1, -0.05) is 19.1 Å². The Hall–Kier alpha value is -3.11. The minimum atomic E-state index is -4.26. The van der Waals surface area contributed by atoms with Crippen LogP contribution in [0.5, 0.6) is 5.75 Å². The number of nitrogens with zero attached hydrogens (tertiary/aromatic N) is 3. The number of hydrogen-bond donors (Lipinski definition) is 1. The number of benzene rings is 2. The molecular weight excluding hydrogens is 474 g/mol. The quantitative estimate of drug-likeness (QED) is 0.539. The zero-order chi connectivity index (χ0) is 24.6. The van der Waals surface area contributed by atoms with Crippen molar-refractivity contribution in [2.75, 3.05) is 17.9 Å². The summed E-state index contributed by atoms with van der Waals surface area (Å²) >= 11 is 0. The fourth-order valence-electron chi connectivity index (χ4n) is 4.99.